The van der Waals surface area contributed by atoms with Crippen molar-refractivity contribution in [3.63, 3.8) is 0 Å². The van der Waals surface area contributed by atoms with E-state index in [1.54, 1.807) is 6.92 Å². The van der Waals surface area contributed by atoms with Crippen LogP contribution in [0.15, 0.2) is 70.2 Å². The molecule has 3 aromatic rings. The monoisotopic (exact) mass is 403 g/mol. The van der Waals surface area contributed by atoms with Crippen LogP contribution >= 0.6 is 0 Å². The van der Waals surface area contributed by atoms with Gasteiger partial charge in [-0.3, -0.25) is 4.79 Å². The molecule has 0 saturated carbocycles. The Morgan fingerprint density at radius 2 is 1.83 bits per heavy atom. The van der Waals surface area contributed by atoms with Crippen molar-refractivity contribution in [3.8, 4) is 0 Å². The minimum absolute atomic E-state index is 0.00160. The van der Waals surface area contributed by atoms with Crippen LogP contribution in [0, 0.1) is 11.8 Å². The van der Waals surface area contributed by atoms with Crippen LogP contribution in [0.1, 0.15) is 25.0 Å². The van der Waals surface area contributed by atoms with Gasteiger partial charge < -0.3 is 15.0 Å². The van der Waals surface area contributed by atoms with E-state index in [0.29, 0.717) is 12.5 Å². The Morgan fingerprint density at radius 1 is 1.07 bits per heavy atom. The number of benzene rings is 2. The molecular weight excluding hydrogens is 378 g/mol. The molecule has 0 saturated heterocycles. The van der Waals surface area contributed by atoms with Crippen LogP contribution in [-0.2, 0) is 17.9 Å². The van der Waals surface area contributed by atoms with Gasteiger partial charge in [-0.25, -0.2) is 4.98 Å². The number of ketones is 1. The number of nitrogens with one attached hydrogen (secondary N) is 1. The number of hydrogen-bond donors (Lipinski definition) is 2. The van der Waals surface area contributed by atoms with E-state index in [9.17, 15) is 9.90 Å². The molecule has 154 valence electrons. The molecule has 2 N–H and O–H groups in total. The summed E-state index contributed by atoms with van der Waals surface area (Å²) in [6.07, 6.45) is 0. The normalized spacial score (nSPS) is 19.5. The number of aliphatic hydroxyl groups is 1. The zero-order valence-corrected chi connectivity index (χ0v) is 17.3. The summed E-state index contributed by atoms with van der Waals surface area (Å²) in [5, 5.41) is 21.9. The maximum absolute atomic E-state index is 12.4. The molecule has 4 rings (SSSR count). The lowest BCUT2D eigenvalue weighted by Crippen LogP contribution is -2.10. The number of fused-ring (bicyclic) bond motifs is 1. The van der Waals surface area contributed by atoms with E-state index in [0.717, 1.165) is 28.7 Å². The van der Waals surface area contributed by atoms with E-state index in [2.05, 4.69) is 26.6 Å². The number of hydrogen-bond acceptors (Lipinski definition) is 6. The topological polar surface area (TPSA) is 91.9 Å². The lowest BCUT2D eigenvalue weighted by molar-refractivity contribution is -0.118. The Hall–Kier alpha value is -3.32. The molecule has 0 aliphatic heterocycles. The van der Waals surface area contributed by atoms with E-state index in [1.165, 1.54) is 0 Å². The Bertz CT molecular complexity index is 1150. The third-order valence-corrected chi connectivity index (χ3v) is 5.67. The van der Waals surface area contributed by atoms with E-state index in [-0.39, 0.29) is 29.1 Å². The van der Waals surface area contributed by atoms with Crippen molar-refractivity contribution in [2.75, 3.05) is 7.05 Å². The van der Waals surface area contributed by atoms with E-state index >= 15 is 0 Å². The highest BCUT2D eigenvalue weighted by Crippen LogP contribution is 2.34. The molecule has 2 aromatic carbocycles. The lowest BCUT2D eigenvalue weighted by atomic mass is 9.98. The molecule has 1 heterocycles. The molecule has 0 bridgehead atoms. The smallest absolute Gasteiger partial charge is 0.250 e. The van der Waals surface area contributed by atoms with Gasteiger partial charge in [0.2, 0.25) is 0 Å². The number of Topliss-reactive ketones (excluding diaryl/α,β-unsaturated/α-hetero) is 1. The van der Waals surface area contributed by atoms with Crippen LogP contribution in [-0.4, -0.2) is 27.5 Å². The van der Waals surface area contributed by atoms with Crippen molar-refractivity contribution < 1.29 is 9.90 Å². The summed E-state index contributed by atoms with van der Waals surface area (Å²) in [5.41, 5.74) is 4.02. The average Bonchev–Trinajstić information content (AvgIpc) is 3.18. The van der Waals surface area contributed by atoms with Crippen LogP contribution in [0.3, 0.4) is 0 Å². The van der Waals surface area contributed by atoms with Crippen molar-refractivity contribution in [2.24, 2.45) is 22.1 Å². The second-order valence-electron chi connectivity index (χ2n) is 7.71. The molecule has 0 radical (unpaired) electrons. The van der Waals surface area contributed by atoms with Crippen LogP contribution in [0.4, 0.5) is 5.95 Å². The van der Waals surface area contributed by atoms with Gasteiger partial charge in [0, 0.05) is 18.4 Å². The SMILES string of the molecule is CNCc1ccc2nc(N=NC3=C(O)C(C)C(C)C3=O)n(Cc3ccccc3)c2c1. The van der Waals surface area contributed by atoms with Gasteiger partial charge in [-0.2, -0.15) is 0 Å². The van der Waals surface area contributed by atoms with Crippen molar-refractivity contribution in [1.82, 2.24) is 14.9 Å². The Kier molecular flexibility index (Phi) is 5.46. The number of carbonyl (C=O) groups excluding carboxylic acids is 1. The molecule has 1 aliphatic carbocycles. The van der Waals surface area contributed by atoms with Gasteiger partial charge in [-0.1, -0.05) is 50.2 Å². The van der Waals surface area contributed by atoms with Crippen LogP contribution < -0.4 is 5.32 Å². The number of azo groups is 1. The highest BCUT2D eigenvalue weighted by atomic mass is 16.3. The van der Waals surface area contributed by atoms with Gasteiger partial charge >= 0.3 is 0 Å². The summed E-state index contributed by atoms with van der Waals surface area (Å²) in [5.74, 6) is -0.343. The van der Waals surface area contributed by atoms with Crippen molar-refractivity contribution in [1.29, 1.82) is 0 Å². The van der Waals surface area contributed by atoms with Gasteiger partial charge in [0.15, 0.2) is 11.5 Å². The van der Waals surface area contributed by atoms with Crippen molar-refractivity contribution >= 4 is 22.8 Å². The first-order valence-electron chi connectivity index (χ1n) is 10.1. The van der Waals surface area contributed by atoms with Crippen LogP contribution in [0.25, 0.3) is 11.0 Å². The summed E-state index contributed by atoms with van der Waals surface area (Å²) in [6, 6.07) is 16.1. The van der Waals surface area contributed by atoms with Gasteiger partial charge in [0.05, 0.1) is 17.6 Å². The highest BCUT2D eigenvalue weighted by molar-refractivity contribution is 5.99. The van der Waals surface area contributed by atoms with Crippen LogP contribution in [0.5, 0.6) is 0 Å². The number of allylic oxidation sites excluding steroid dienone is 2. The number of imidazole rings is 1. The van der Waals surface area contributed by atoms with Crippen molar-refractivity contribution in [2.45, 2.75) is 26.9 Å². The van der Waals surface area contributed by atoms with Gasteiger partial charge in [0.25, 0.3) is 5.95 Å². The zero-order valence-electron chi connectivity index (χ0n) is 17.3. The van der Waals surface area contributed by atoms with Crippen molar-refractivity contribution in [3.05, 3.63) is 71.1 Å². The quantitative estimate of drug-likeness (QED) is 0.592. The Labute approximate surface area is 175 Å². The van der Waals surface area contributed by atoms with Gasteiger partial charge in [-0.05, 0) is 30.3 Å². The summed E-state index contributed by atoms with van der Waals surface area (Å²) in [6.45, 7) is 4.92. The van der Waals surface area contributed by atoms with E-state index in [1.807, 2.05) is 61.0 Å². The number of carbonyl (C=O) groups is 1. The molecule has 0 spiro atoms. The zero-order chi connectivity index (χ0) is 21.3. The van der Waals surface area contributed by atoms with Crippen LogP contribution in [0.2, 0.25) is 0 Å². The Balaban J connectivity index is 1.78. The molecule has 30 heavy (non-hydrogen) atoms. The fourth-order valence-electron chi connectivity index (χ4n) is 3.68. The van der Waals surface area contributed by atoms with Gasteiger partial charge in [-0.15, -0.1) is 10.2 Å². The highest BCUT2D eigenvalue weighted by Gasteiger charge is 2.37. The van der Waals surface area contributed by atoms with Gasteiger partial charge in [0.1, 0.15) is 5.76 Å². The first-order valence-corrected chi connectivity index (χ1v) is 10.1. The maximum Gasteiger partial charge on any atom is 0.250 e. The lowest BCUT2D eigenvalue weighted by Gasteiger charge is -2.07. The number of aromatic nitrogens is 2. The molecule has 0 fully saturated rings. The average molecular weight is 403 g/mol. The summed E-state index contributed by atoms with van der Waals surface area (Å²) >= 11 is 0. The Morgan fingerprint density at radius 3 is 2.50 bits per heavy atom. The largest absolute Gasteiger partial charge is 0.510 e. The predicted molar refractivity (Wildman–Crippen MR) is 116 cm³/mol. The fraction of sp³-hybridized carbons (Fsp3) is 0.304. The second-order valence-corrected chi connectivity index (χ2v) is 7.71. The molecule has 1 aliphatic rings. The third kappa shape index (κ3) is 3.64. The minimum atomic E-state index is -0.300. The minimum Gasteiger partial charge on any atom is -0.510 e. The predicted octanol–water partition coefficient (Wildman–Crippen LogP) is 4.51. The fourth-order valence-corrected chi connectivity index (χ4v) is 3.68. The first-order chi connectivity index (χ1) is 14.5. The number of rotatable bonds is 6. The molecular formula is C23H25N5O2. The molecule has 2 atom stereocenters. The second kappa shape index (κ2) is 8.20. The molecule has 7 heteroatoms. The third-order valence-electron chi connectivity index (χ3n) is 5.67. The number of nitrogens with zero attached hydrogens (tertiary/aromatic N) is 4. The summed E-state index contributed by atoms with van der Waals surface area (Å²) < 4.78 is 1.98. The molecule has 7 nitrogen and oxygen atoms in total. The number of aliphatic hydroxyl groups excluding tert-OH is 1. The molecule has 0 amide bonds. The standard InChI is InChI=1S/C23H25N5O2/c1-14-15(2)22(30)20(21(14)29)26-27-23-25-18-10-9-17(12-24-3)11-19(18)28(23)13-16-7-5-4-6-8-16/h4-11,14-15,24,29H,12-13H2,1-3H3. The first kappa shape index (κ1) is 20.0. The molecule has 1 aromatic heterocycles. The maximum atomic E-state index is 12.4. The summed E-state index contributed by atoms with van der Waals surface area (Å²) in [7, 11) is 1.91. The molecule has 2 unspecified atom stereocenters. The van der Waals surface area contributed by atoms with E-state index in [4.69, 9.17) is 0 Å². The summed E-state index contributed by atoms with van der Waals surface area (Å²) in [4.78, 5) is 17.0. The van der Waals surface area contributed by atoms with E-state index < -0.39 is 0 Å².